The molecule has 7 nitrogen and oxygen atoms in total. The highest BCUT2D eigenvalue weighted by Crippen LogP contribution is 2.21. The first-order chi connectivity index (χ1) is 12.6. The van der Waals surface area contributed by atoms with Gasteiger partial charge in [-0.3, -0.25) is 4.79 Å². The number of aromatic nitrogens is 1. The highest BCUT2D eigenvalue weighted by atomic mass is 35.5. The Morgan fingerprint density at radius 3 is 2.74 bits per heavy atom. The number of hydrogen-bond donors (Lipinski definition) is 3. The number of piperidine rings is 1. The number of aromatic amines is 1. The molecule has 0 bridgehead atoms. The van der Waals surface area contributed by atoms with Crippen LogP contribution in [0.2, 0.25) is 5.02 Å². The molecule has 3 rings (SSSR count). The van der Waals surface area contributed by atoms with E-state index in [-0.39, 0.29) is 24.1 Å². The predicted molar refractivity (Wildman–Crippen MR) is 105 cm³/mol. The fourth-order valence-corrected chi connectivity index (χ4v) is 3.31. The van der Waals surface area contributed by atoms with Gasteiger partial charge < -0.3 is 25.7 Å². The van der Waals surface area contributed by atoms with E-state index < -0.39 is 5.60 Å². The molecule has 2 aromatic rings. The third-order valence-electron chi connectivity index (χ3n) is 4.45. The minimum atomic E-state index is -0.551. The maximum atomic E-state index is 12.6. The molecule has 0 saturated carbocycles. The molecular formula is C19H25ClN4O3. The molecule has 1 aromatic carbocycles. The van der Waals surface area contributed by atoms with Gasteiger partial charge in [0.2, 0.25) is 0 Å². The van der Waals surface area contributed by atoms with E-state index in [9.17, 15) is 9.59 Å². The van der Waals surface area contributed by atoms with Crippen LogP contribution in [0.1, 0.15) is 37.7 Å². The molecule has 2 heterocycles. The number of nitrogens with zero attached hydrogens (tertiary/aromatic N) is 1. The van der Waals surface area contributed by atoms with Crippen molar-refractivity contribution in [1.82, 2.24) is 15.2 Å². The number of benzene rings is 1. The van der Waals surface area contributed by atoms with Gasteiger partial charge in [0.15, 0.2) is 0 Å². The number of carbonyl (C=O) groups excluding carboxylic acids is 2. The second kappa shape index (κ2) is 7.40. The van der Waals surface area contributed by atoms with Crippen LogP contribution in [0.15, 0.2) is 24.3 Å². The van der Waals surface area contributed by atoms with Crippen LogP contribution in [0.25, 0.3) is 10.9 Å². The van der Waals surface area contributed by atoms with Crippen LogP contribution in [0.3, 0.4) is 0 Å². The molecule has 27 heavy (non-hydrogen) atoms. The number of nitrogens with two attached hydrogens (primary N) is 1. The molecule has 1 aromatic heterocycles. The van der Waals surface area contributed by atoms with Gasteiger partial charge in [-0.05, 0) is 51.5 Å². The van der Waals surface area contributed by atoms with Crippen molar-refractivity contribution in [3.8, 4) is 0 Å². The van der Waals surface area contributed by atoms with Crippen LogP contribution >= 0.6 is 11.6 Å². The summed E-state index contributed by atoms with van der Waals surface area (Å²) in [5, 5.41) is 4.45. The van der Waals surface area contributed by atoms with E-state index in [4.69, 9.17) is 22.1 Å². The Morgan fingerprint density at radius 1 is 1.33 bits per heavy atom. The molecule has 0 spiro atoms. The Bertz CT molecular complexity index is 858. The van der Waals surface area contributed by atoms with E-state index >= 15 is 0 Å². The van der Waals surface area contributed by atoms with E-state index in [0.717, 1.165) is 10.9 Å². The molecule has 1 fully saturated rings. The van der Waals surface area contributed by atoms with Gasteiger partial charge in [-0.2, -0.15) is 0 Å². The van der Waals surface area contributed by atoms with E-state index in [0.29, 0.717) is 30.2 Å². The Hall–Kier alpha value is -2.25. The smallest absolute Gasteiger partial charge is 0.410 e. The fourth-order valence-electron chi connectivity index (χ4n) is 3.13. The molecule has 146 valence electrons. The van der Waals surface area contributed by atoms with Gasteiger partial charge in [0.05, 0.1) is 0 Å². The molecule has 4 N–H and O–H groups in total. The number of likely N-dealkylation sites (tertiary alicyclic amines) is 1. The Labute approximate surface area is 163 Å². The number of H-pyrrole nitrogens is 1. The van der Waals surface area contributed by atoms with Gasteiger partial charge in [0.1, 0.15) is 11.3 Å². The molecule has 0 aliphatic carbocycles. The first-order valence-electron chi connectivity index (χ1n) is 8.95. The van der Waals surface area contributed by atoms with Crippen LogP contribution in [-0.4, -0.2) is 52.7 Å². The molecule has 2 atom stereocenters. The first kappa shape index (κ1) is 19.5. The van der Waals surface area contributed by atoms with E-state index in [1.54, 1.807) is 23.1 Å². The van der Waals surface area contributed by atoms with Crippen molar-refractivity contribution in [2.75, 3.05) is 13.1 Å². The van der Waals surface area contributed by atoms with Crippen LogP contribution in [0, 0.1) is 0 Å². The lowest BCUT2D eigenvalue weighted by atomic mass is 10.00. The second-order valence-electron chi connectivity index (χ2n) is 7.87. The summed E-state index contributed by atoms with van der Waals surface area (Å²) in [6.07, 6.45) is 0.188. The molecular weight excluding hydrogens is 368 g/mol. The summed E-state index contributed by atoms with van der Waals surface area (Å²) in [5.41, 5.74) is 6.94. The summed E-state index contributed by atoms with van der Waals surface area (Å²) in [6, 6.07) is 6.58. The number of amides is 2. The standard InChI is InChI=1S/C19H25ClN4O3/c1-19(2,3)27-18(26)24-7-6-15(13(21)10-24)23-17(25)16-9-11-8-12(20)4-5-14(11)22-16/h4-5,8-9,13,15,22H,6-7,10,21H2,1-3H3,(H,23,25)/t13-,15+/m1/s1. The zero-order valence-corrected chi connectivity index (χ0v) is 16.5. The Balaban J connectivity index is 1.61. The average Bonchev–Trinajstić information content (AvgIpc) is 2.98. The number of rotatable bonds is 2. The Kier molecular flexibility index (Phi) is 5.35. The van der Waals surface area contributed by atoms with Crippen LogP contribution < -0.4 is 11.1 Å². The van der Waals surface area contributed by atoms with Gasteiger partial charge in [0, 0.05) is 41.1 Å². The van der Waals surface area contributed by atoms with Crippen molar-refractivity contribution < 1.29 is 14.3 Å². The van der Waals surface area contributed by atoms with Gasteiger partial charge in [-0.15, -0.1) is 0 Å². The highest BCUT2D eigenvalue weighted by molar-refractivity contribution is 6.31. The highest BCUT2D eigenvalue weighted by Gasteiger charge is 2.32. The van der Waals surface area contributed by atoms with Crippen LogP contribution in [0.4, 0.5) is 4.79 Å². The quantitative estimate of drug-likeness (QED) is 0.731. The van der Waals surface area contributed by atoms with Gasteiger partial charge in [-0.25, -0.2) is 4.79 Å². The molecule has 2 amide bonds. The molecule has 0 unspecified atom stereocenters. The summed E-state index contributed by atoms with van der Waals surface area (Å²) in [5.74, 6) is -0.228. The summed E-state index contributed by atoms with van der Waals surface area (Å²) in [6.45, 7) is 6.29. The van der Waals surface area contributed by atoms with Crippen LogP contribution in [-0.2, 0) is 4.74 Å². The summed E-state index contributed by atoms with van der Waals surface area (Å²) in [4.78, 5) is 29.4. The average molecular weight is 393 g/mol. The molecule has 1 aliphatic heterocycles. The monoisotopic (exact) mass is 392 g/mol. The van der Waals surface area contributed by atoms with Gasteiger partial charge in [0.25, 0.3) is 5.91 Å². The van der Waals surface area contributed by atoms with Crippen molar-refractivity contribution in [1.29, 1.82) is 0 Å². The van der Waals surface area contributed by atoms with Gasteiger partial charge in [-0.1, -0.05) is 11.6 Å². The topological polar surface area (TPSA) is 100 Å². The zero-order valence-electron chi connectivity index (χ0n) is 15.7. The van der Waals surface area contributed by atoms with E-state index in [1.807, 2.05) is 26.8 Å². The van der Waals surface area contributed by atoms with Crippen molar-refractivity contribution in [2.45, 2.75) is 44.9 Å². The number of ether oxygens (including phenoxy) is 1. The first-order valence-corrected chi connectivity index (χ1v) is 9.33. The molecule has 0 radical (unpaired) electrons. The number of hydrogen-bond acceptors (Lipinski definition) is 4. The predicted octanol–water partition coefficient (Wildman–Crippen LogP) is 2.89. The number of nitrogens with one attached hydrogen (secondary N) is 2. The minimum Gasteiger partial charge on any atom is -0.444 e. The summed E-state index contributed by atoms with van der Waals surface area (Å²) < 4.78 is 5.38. The van der Waals surface area contributed by atoms with Crippen molar-refractivity contribution in [2.24, 2.45) is 5.73 Å². The normalized spacial score (nSPS) is 20.6. The van der Waals surface area contributed by atoms with Crippen molar-refractivity contribution >= 4 is 34.5 Å². The summed E-state index contributed by atoms with van der Waals surface area (Å²) in [7, 11) is 0. The lowest BCUT2D eigenvalue weighted by Gasteiger charge is -2.37. The lowest BCUT2D eigenvalue weighted by Crippen LogP contribution is -2.59. The Morgan fingerprint density at radius 2 is 2.07 bits per heavy atom. The van der Waals surface area contributed by atoms with E-state index in [1.165, 1.54) is 0 Å². The molecule has 1 aliphatic rings. The summed E-state index contributed by atoms with van der Waals surface area (Å²) >= 11 is 5.99. The SMILES string of the molecule is CC(C)(C)OC(=O)N1CC[C@H](NC(=O)c2cc3cc(Cl)ccc3[nH]2)[C@H](N)C1. The lowest BCUT2D eigenvalue weighted by molar-refractivity contribution is 0.0179. The van der Waals surface area contributed by atoms with Crippen molar-refractivity contribution in [3.05, 3.63) is 35.0 Å². The minimum absolute atomic E-state index is 0.216. The number of fused-ring (bicyclic) bond motifs is 1. The third kappa shape index (κ3) is 4.73. The maximum Gasteiger partial charge on any atom is 0.410 e. The fraction of sp³-hybridized carbons (Fsp3) is 0.474. The number of carbonyl (C=O) groups is 2. The van der Waals surface area contributed by atoms with Crippen LogP contribution in [0.5, 0.6) is 0 Å². The zero-order chi connectivity index (χ0) is 19.8. The van der Waals surface area contributed by atoms with Crippen molar-refractivity contribution in [3.63, 3.8) is 0 Å². The third-order valence-corrected chi connectivity index (χ3v) is 4.69. The number of halogens is 1. The largest absolute Gasteiger partial charge is 0.444 e. The second-order valence-corrected chi connectivity index (χ2v) is 8.31. The maximum absolute atomic E-state index is 12.6. The molecule has 8 heteroatoms. The van der Waals surface area contributed by atoms with Gasteiger partial charge >= 0.3 is 6.09 Å². The molecule has 1 saturated heterocycles. The van der Waals surface area contributed by atoms with E-state index in [2.05, 4.69) is 10.3 Å².